The fraction of sp³-hybridized carbons (Fsp3) is 0.450. The number of fused-ring (bicyclic) bond motifs is 1. The molecule has 0 saturated heterocycles. The van der Waals surface area contributed by atoms with Crippen molar-refractivity contribution in [2.24, 2.45) is 5.41 Å². The molecule has 0 radical (unpaired) electrons. The maximum atomic E-state index is 12.8. The third-order valence-electron chi connectivity index (χ3n) is 4.30. The highest BCUT2D eigenvalue weighted by Crippen LogP contribution is 2.37. The molecular weight excluding hydrogens is 334 g/mol. The molecule has 1 aliphatic carbocycles. The fourth-order valence-electron chi connectivity index (χ4n) is 3.00. The quantitative estimate of drug-likeness (QED) is 0.753. The summed E-state index contributed by atoms with van der Waals surface area (Å²) in [6, 6.07) is 13.8. The summed E-state index contributed by atoms with van der Waals surface area (Å²) in [5, 5.41) is -0.678. The van der Waals surface area contributed by atoms with Gasteiger partial charge in [-0.15, -0.1) is 0 Å². The Kier molecular flexibility index (Phi) is 4.98. The van der Waals surface area contributed by atoms with Crippen LogP contribution >= 0.6 is 0 Å². The monoisotopic (exact) mass is 359 g/mol. The predicted molar refractivity (Wildman–Crippen MR) is 99.7 cm³/mol. The molecule has 0 N–H and O–H groups in total. The van der Waals surface area contributed by atoms with E-state index in [9.17, 15) is 8.42 Å². The molecule has 0 aliphatic heterocycles. The van der Waals surface area contributed by atoms with Gasteiger partial charge in [0.25, 0.3) is 10.1 Å². The Balaban J connectivity index is 1.95. The molecule has 0 spiro atoms. The zero-order chi connectivity index (χ0) is 18.1. The van der Waals surface area contributed by atoms with Crippen LogP contribution in [0.15, 0.2) is 42.5 Å². The summed E-state index contributed by atoms with van der Waals surface area (Å²) in [5.41, 5.74) is 3.25. The van der Waals surface area contributed by atoms with E-state index < -0.39 is 15.4 Å². The van der Waals surface area contributed by atoms with Crippen molar-refractivity contribution in [3.8, 4) is 11.3 Å². The minimum absolute atomic E-state index is 0.180. The first-order chi connectivity index (χ1) is 11.8. The average molecular weight is 359 g/mol. The van der Waals surface area contributed by atoms with Crippen LogP contribution in [0.2, 0.25) is 0 Å². The second-order valence-corrected chi connectivity index (χ2v) is 9.59. The van der Waals surface area contributed by atoms with Crippen molar-refractivity contribution in [3.05, 3.63) is 53.7 Å². The first-order valence-corrected chi connectivity index (χ1v) is 10.2. The van der Waals surface area contributed by atoms with Gasteiger partial charge in [-0.1, -0.05) is 57.2 Å². The smallest absolute Gasteiger partial charge is 0.269 e. The van der Waals surface area contributed by atoms with E-state index >= 15 is 0 Å². The van der Waals surface area contributed by atoms with Crippen molar-refractivity contribution < 1.29 is 12.6 Å². The van der Waals surface area contributed by atoms with Gasteiger partial charge in [0.15, 0.2) is 0 Å². The van der Waals surface area contributed by atoms with Crippen molar-refractivity contribution in [1.82, 2.24) is 4.98 Å². The van der Waals surface area contributed by atoms with E-state index in [1.54, 1.807) is 0 Å². The topological polar surface area (TPSA) is 56.3 Å². The summed E-state index contributed by atoms with van der Waals surface area (Å²) in [7, 11) is -3.69. The third-order valence-corrected chi connectivity index (χ3v) is 5.91. The molecule has 5 heteroatoms. The SMILES string of the molecule is CC(C)(C)COS(=O)(=O)C1CCCc2ccc(-c3ccccc3)nc21. The number of hydrogen-bond acceptors (Lipinski definition) is 4. The Bertz CT molecular complexity index is 839. The van der Waals surface area contributed by atoms with Gasteiger partial charge in [-0.2, -0.15) is 8.42 Å². The van der Waals surface area contributed by atoms with Crippen LogP contribution in [0.3, 0.4) is 0 Å². The highest BCUT2D eigenvalue weighted by molar-refractivity contribution is 7.87. The third kappa shape index (κ3) is 4.28. The molecule has 25 heavy (non-hydrogen) atoms. The van der Waals surface area contributed by atoms with E-state index in [1.165, 1.54) is 0 Å². The number of aromatic nitrogens is 1. The number of aryl methyl sites for hydroxylation is 1. The van der Waals surface area contributed by atoms with Gasteiger partial charge in [0.05, 0.1) is 18.0 Å². The molecule has 134 valence electrons. The summed E-state index contributed by atoms with van der Waals surface area (Å²) in [5.74, 6) is 0. The molecule has 0 bridgehead atoms. The lowest BCUT2D eigenvalue weighted by atomic mass is 9.95. The molecular formula is C20H25NO3S. The molecule has 1 aromatic carbocycles. The summed E-state index contributed by atoms with van der Waals surface area (Å²) < 4.78 is 30.9. The average Bonchev–Trinajstić information content (AvgIpc) is 2.59. The van der Waals surface area contributed by atoms with Gasteiger partial charge in [-0.3, -0.25) is 9.17 Å². The normalized spacial score (nSPS) is 18.0. The Morgan fingerprint density at radius 1 is 1.12 bits per heavy atom. The summed E-state index contributed by atoms with van der Waals surface area (Å²) in [6.07, 6.45) is 2.26. The summed E-state index contributed by atoms with van der Waals surface area (Å²) >= 11 is 0. The van der Waals surface area contributed by atoms with Crippen molar-refractivity contribution in [2.45, 2.75) is 45.3 Å². The Morgan fingerprint density at radius 3 is 2.52 bits per heavy atom. The zero-order valence-electron chi connectivity index (χ0n) is 15.0. The molecule has 0 saturated carbocycles. The van der Waals surface area contributed by atoms with Crippen molar-refractivity contribution in [3.63, 3.8) is 0 Å². The molecule has 2 aromatic rings. The van der Waals surface area contributed by atoms with Gasteiger partial charge in [0.2, 0.25) is 0 Å². The first-order valence-electron chi connectivity index (χ1n) is 8.70. The van der Waals surface area contributed by atoms with Gasteiger partial charge in [-0.05, 0) is 36.3 Å². The van der Waals surface area contributed by atoms with Crippen LogP contribution in [0.25, 0.3) is 11.3 Å². The number of rotatable bonds is 4. The minimum atomic E-state index is -3.69. The molecule has 1 heterocycles. The molecule has 3 rings (SSSR count). The van der Waals surface area contributed by atoms with Crippen molar-refractivity contribution in [1.29, 1.82) is 0 Å². The molecule has 1 atom stereocenters. The number of nitrogens with zero attached hydrogens (tertiary/aromatic N) is 1. The Labute approximate surface area is 150 Å². The van der Waals surface area contributed by atoms with Gasteiger partial charge in [0, 0.05) is 5.56 Å². The van der Waals surface area contributed by atoms with Crippen LogP contribution in [0.1, 0.15) is 50.1 Å². The van der Waals surface area contributed by atoms with E-state index in [1.807, 2.05) is 63.2 Å². The minimum Gasteiger partial charge on any atom is -0.269 e. The van der Waals surface area contributed by atoms with E-state index in [-0.39, 0.29) is 12.0 Å². The predicted octanol–water partition coefficient (Wildman–Crippen LogP) is 4.52. The lowest BCUT2D eigenvalue weighted by molar-refractivity contribution is 0.200. The zero-order valence-corrected chi connectivity index (χ0v) is 15.8. The van der Waals surface area contributed by atoms with Crippen LogP contribution < -0.4 is 0 Å². The lowest BCUT2D eigenvalue weighted by Gasteiger charge is -2.26. The second-order valence-electron chi connectivity index (χ2n) is 7.80. The highest BCUT2D eigenvalue weighted by atomic mass is 32.2. The molecule has 0 fully saturated rings. The van der Waals surface area contributed by atoms with E-state index in [4.69, 9.17) is 9.17 Å². The van der Waals surface area contributed by atoms with Gasteiger partial charge < -0.3 is 0 Å². The maximum Gasteiger partial charge on any atom is 0.276 e. The number of benzene rings is 1. The van der Waals surface area contributed by atoms with Crippen LogP contribution in [0.5, 0.6) is 0 Å². The van der Waals surface area contributed by atoms with Crippen LogP contribution in [-0.2, 0) is 20.7 Å². The summed E-state index contributed by atoms with van der Waals surface area (Å²) in [4.78, 5) is 4.72. The Hall–Kier alpha value is -1.72. The highest BCUT2D eigenvalue weighted by Gasteiger charge is 2.35. The number of hydrogen-bond donors (Lipinski definition) is 0. The lowest BCUT2D eigenvalue weighted by Crippen LogP contribution is -2.26. The second kappa shape index (κ2) is 6.89. The van der Waals surface area contributed by atoms with Crippen LogP contribution in [0.4, 0.5) is 0 Å². The first kappa shape index (κ1) is 18.1. The molecule has 0 amide bonds. The van der Waals surface area contributed by atoms with Crippen molar-refractivity contribution >= 4 is 10.1 Å². The van der Waals surface area contributed by atoms with Gasteiger partial charge >= 0.3 is 0 Å². The Morgan fingerprint density at radius 2 is 1.84 bits per heavy atom. The van der Waals surface area contributed by atoms with E-state index in [2.05, 4.69) is 0 Å². The molecule has 1 aromatic heterocycles. The standard InChI is InChI=1S/C20H25NO3S/c1-20(2,3)14-24-25(22,23)18-11-7-10-16-12-13-17(21-19(16)18)15-8-5-4-6-9-15/h4-6,8-9,12-13,18H,7,10-11,14H2,1-3H3. The maximum absolute atomic E-state index is 12.8. The molecule has 1 aliphatic rings. The van der Waals surface area contributed by atoms with Gasteiger partial charge in [0.1, 0.15) is 5.25 Å². The van der Waals surface area contributed by atoms with Crippen LogP contribution in [0, 0.1) is 5.41 Å². The number of pyridine rings is 1. The summed E-state index contributed by atoms with van der Waals surface area (Å²) in [6.45, 7) is 6.06. The largest absolute Gasteiger partial charge is 0.276 e. The van der Waals surface area contributed by atoms with Crippen molar-refractivity contribution in [2.75, 3.05) is 6.61 Å². The van der Waals surface area contributed by atoms with Gasteiger partial charge in [-0.25, -0.2) is 0 Å². The van der Waals surface area contributed by atoms with E-state index in [0.29, 0.717) is 12.1 Å². The van der Waals surface area contributed by atoms with Crippen LogP contribution in [-0.4, -0.2) is 20.0 Å². The fourth-order valence-corrected chi connectivity index (χ4v) is 4.62. The molecule has 4 nitrogen and oxygen atoms in total. The molecule has 1 unspecified atom stereocenters. The van der Waals surface area contributed by atoms with E-state index in [0.717, 1.165) is 29.7 Å².